The minimum atomic E-state index is -4.50. The normalized spacial score (nSPS) is 16.2. The molecule has 1 aromatic carbocycles. The van der Waals surface area contributed by atoms with Gasteiger partial charge in [0.2, 0.25) is 0 Å². The van der Waals surface area contributed by atoms with E-state index in [1.165, 1.54) is 37.8 Å². The van der Waals surface area contributed by atoms with Gasteiger partial charge in [0.05, 0.1) is 5.56 Å². The minimum absolute atomic E-state index is 0.252. The van der Waals surface area contributed by atoms with Crippen molar-refractivity contribution in [1.29, 1.82) is 5.41 Å². The molecule has 3 nitrogen and oxygen atoms in total. The zero-order valence-corrected chi connectivity index (χ0v) is 12.0. The second-order valence-electron chi connectivity index (χ2n) is 5.67. The van der Waals surface area contributed by atoms with Crippen LogP contribution in [0.3, 0.4) is 0 Å². The van der Waals surface area contributed by atoms with E-state index in [1.54, 1.807) is 0 Å². The monoisotopic (exact) mass is 299 g/mol. The Labute approximate surface area is 122 Å². The van der Waals surface area contributed by atoms with Gasteiger partial charge in [-0.1, -0.05) is 12.8 Å². The van der Waals surface area contributed by atoms with Gasteiger partial charge in [-0.25, -0.2) is 0 Å². The zero-order valence-electron chi connectivity index (χ0n) is 12.0. The Bertz CT molecular complexity index is 519. The van der Waals surface area contributed by atoms with Gasteiger partial charge in [0.25, 0.3) is 0 Å². The van der Waals surface area contributed by atoms with Gasteiger partial charge < -0.3 is 10.6 Å². The molecule has 1 fully saturated rings. The quantitative estimate of drug-likeness (QED) is 0.659. The lowest BCUT2D eigenvalue weighted by Gasteiger charge is -2.24. The summed E-state index contributed by atoms with van der Waals surface area (Å²) in [5.74, 6) is 0.0384. The molecule has 0 atom stereocenters. The largest absolute Gasteiger partial charge is 0.417 e. The van der Waals surface area contributed by atoms with Crippen molar-refractivity contribution in [1.82, 2.24) is 0 Å². The SMILES string of the molecule is CN(CC1CCCC1)c1ccc(C(F)(F)F)c(C(=N)N)c1. The van der Waals surface area contributed by atoms with Gasteiger partial charge in [0.1, 0.15) is 5.84 Å². The molecule has 1 aliphatic carbocycles. The van der Waals surface area contributed by atoms with Gasteiger partial charge in [-0.15, -0.1) is 0 Å². The molecule has 3 N–H and O–H groups in total. The highest BCUT2D eigenvalue weighted by Gasteiger charge is 2.34. The summed E-state index contributed by atoms with van der Waals surface area (Å²) < 4.78 is 38.7. The summed E-state index contributed by atoms with van der Waals surface area (Å²) in [6.45, 7) is 0.822. The van der Waals surface area contributed by atoms with Crippen molar-refractivity contribution < 1.29 is 13.2 Å². The Hall–Kier alpha value is -1.72. The molecule has 0 radical (unpaired) electrons. The third-order valence-electron chi connectivity index (χ3n) is 4.05. The number of nitrogen functional groups attached to an aromatic ring is 1. The van der Waals surface area contributed by atoms with Crippen molar-refractivity contribution in [3.63, 3.8) is 0 Å². The van der Waals surface area contributed by atoms with E-state index in [2.05, 4.69) is 0 Å². The van der Waals surface area contributed by atoms with Gasteiger partial charge in [-0.05, 0) is 37.0 Å². The maximum atomic E-state index is 12.9. The number of hydrogen-bond donors (Lipinski definition) is 2. The molecule has 0 saturated heterocycles. The molecule has 0 amide bonds. The molecule has 0 aromatic heterocycles. The van der Waals surface area contributed by atoms with Crippen LogP contribution in [-0.4, -0.2) is 19.4 Å². The van der Waals surface area contributed by atoms with Crippen LogP contribution >= 0.6 is 0 Å². The number of benzene rings is 1. The van der Waals surface area contributed by atoms with E-state index in [1.807, 2.05) is 11.9 Å². The van der Waals surface area contributed by atoms with Crippen LogP contribution in [0.5, 0.6) is 0 Å². The van der Waals surface area contributed by atoms with Crippen LogP contribution in [0.1, 0.15) is 36.8 Å². The van der Waals surface area contributed by atoms with Crippen molar-refractivity contribution >= 4 is 11.5 Å². The maximum Gasteiger partial charge on any atom is 0.417 e. The summed E-state index contributed by atoms with van der Waals surface area (Å²) in [5, 5.41) is 7.38. The predicted octanol–water partition coefficient (Wildman–Crippen LogP) is 3.62. The molecule has 0 unspecified atom stereocenters. The lowest BCUT2D eigenvalue weighted by Crippen LogP contribution is -2.25. The summed E-state index contributed by atoms with van der Waals surface area (Å²) >= 11 is 0. The van der Waals surface area contributed by atoms with Crippen LogP contribution in [-0.2, 0) is 6.18 Å². The number of nitrogens with zero attached hydrogens (tertiary/aromatic N) is 1. The van der Waals surface area contributed by atoms with Crippen molar-refractivity contribution in [2.24, 2.45) is 11.7 Å². The minimum Gasteiger partial charge on any atom is -0.384 e. The number of amidine groups is 1. The van der Waals surface area contributed by atoms with Crippen molar-refractivity contribution in [2.75, 3.05) is 18.5 Å². The van der Waals surface area contributed by atoms with E-state index < -0.39 is 17.6 Å². The van der Waals surface area contributed by atoms with Crippen molar-refractivity contribution in [3.05, 3.63) is 29.3 Å². The topological polar surface area (TPSA) is 53.1 Å². The first-order chi connectivity index (χ1) is 9.79. The van der Waals surface area contributed by atoms with Crippen LogP contribution in [0, 0.1) is 11.3 Å². The fourth-order valence-electron chi connectivity index (χ4n) is 2.93. The van der Waals surface area contributed by atoms with Gasteiger partial charge in [0, 0.05) is 24.8 Å². The number of nitrogens with two attached hydrogens (primary N) is 1. The fraction of sp³-hybridized carbons (Fsp3) is 0.533. The lowest BCUT2D eigenvalue weighted by molar-refractivity contribution is -0.137. The molecule has 1 saturated carbocycles. The molecule has 0 heterocycles. The van der Waals surface area contributed by atoms with Gasteiger partial charge in [-0.2, -0.15) is 13.2 Å². The summed E-state index contributed by atoms with van der Waals surface area (Å²) in [6.07, 6.45) is 0.299. The maximum absolute atomic E-state index is 12.9. The first-order valence-corrected chi connectivity index (χ1v) is 7.06. The highest BCUT2D eigenvalue weighted by Crippen LogP contribution is 2.34. The number of hydrogen-bond acceptors (Lipinski definition) is 2. The van der Waals surface area contributed by atoms with E-state index in [-0.39, 0.29) is 5.56 Å². The number of anilines is 1. The summed E-state index contributed by atoms with van der Waals surface area (Å²) in [6, 6.07) is 3.82. The molecule has 1 aromatic rings. The number of halogens is 3. The molecular weight excluding hydrogens is 279 g/mol. The summed E-state index contributed by atoms with van der Waals surface area (Å²) in [5.41, 5.74) is 4.87. The third kappa shape index (κ3) is 3.68. The average molecular weight is 299 g/mol. The molecule has 0 bridgehead atoms. The smallest absolute Gasteiger partial charge is 0.384 e. The molecule has 116 valence electrons. The third-order valence-corrected chi connectivity index (χ3v) is 4.05. The van der Waals surface area contributed by atoms with Crippen LogP contribution in [0.25, 0.3) is 0 Å². The molecule has 1 aliphatic rings. The van der Waals surface area contributed by atoms with Crippen LogP contribution in [0.4, 0.5) is 18.9 Å². The first kappa shape index (κ1) is 15.7. The molecule has 0 spiro atoms. The number of alkyl halides is 3. The number of rotatable bonds is 4. The summed E-state index contributed by atoms with van der Waals surface area (Å²) in [4.78, 5) is 1.95. The molecular formula is C15H20F3N3. The summed E-state index contributed by atoms with van der Waals surface area (Å²) in [7, 11) is 1.87. The molecule has 21 heavy (non-hydrogen) atoms. The van der Waals surface area contributed by atoms with E-state index in [4.69, 9.17) is 11.1 Å². The predicted molar refractivity (Wildman–Crippen MR) is 77.7 cm³/mol. The van der Waals surface area contributed by atoms with E-state index in [9.17, 15) is 13.2 Å². The Kier molecular flexibility index (Phi) is 4.44. The molecule has 0 aliphatic heterocycles. The van der Waals surface area contributed by atoms with Crippen LogP contribution in [0.2, 0.25) is 0 Å². The molecule has 2 rings (SSSR count). The van der Waals surface area contributed by atoms with Gasteiger partial charge >= 0.3 is 6.18 Å². The fourth-order valence-corrected chi connectivity index (χ4v) is 2.93. The first-order valence-electron chi connectivity index (χ1n) is 7.06. The van der Waals surface area contributed by atoms with Gasteiger partial charge in [-0.3, -0.25) is 5.41 Å². The Balaban J connectivity index is 2.24. The Morgan fingerprint density at radius 3 is 2.48 bits per heavy atom. The molecule has 6 heteroatoms. The zero-order chi connectivity index (χ0) is 15.6. The standard InChI is InChI=1S/C15H20F3N3/c1-21(9-10-4-2-3-5-10)11-6-7-13(15(16,17)18)12(8-11)14(19)20/h6-8,10H,2-5,9H2,1H3,(H3,19,20). The second-order valence-corrected chi connectivity index (χ2v) is 5.67. The Morgan fingerprint density at radius 1 is 1.33 bits per heavy atom. The van der Waals surface area contributed by atoms with Gasteiger partial charge in [0.15, 0.2) is 0 Å². The Morgan fingerprint density at radius 2 is 1.95 bits per heavy atom. The van der Waals surface area contributed by atoms with Crippen LogP contribution in [0.15, 0.2) is 18.2 Å². The second kappa shape index (κ2) is 5.95. The lowest BCUT2D eigenvalue weighted by atomic mass is 10.0. The average Bonchev–Trinajstić information content (AvgIpc) is 2.89. The number of nitrogens with one attached hydrogen (secondary N) is 1. The van der Waals surface area contributed by atoms with E-state index >= 15 is 0 Å². The highest BCUT2D eigenvalue weighted by atomic mass is 19.4. The van der Waals surface area contributed by atoms with Crippen molar-refractivity contribution in [3.8, 4) is 0 Å². The van der Waals surface area contributed by atoms with E-state index in [0.717, 1.165) is 12.6 Å². The van der Waals surface area contributed by atoms with Crippen LogP contribution < -0.4 is 10.6 Å². The van der Waals surface area contributed by atoms with Crippen molar-refractivity contribution in [2.45, 2.75) is 31.9 Å². The highest BCUT2D eigenvalue weighted by molar-refractivity contribution is 5.97. The van der Waals surface area contributed by atoms with E-state index in [0.29, 0.717) is 11.6 Å².